The third kappa shape index (κ3) is 3.44. The molecule has 5 heteroatoms. The van der Waals surface area contributed by atoms with E-state index in [1.54, 1.807) is 0 Å². The van der Waals surface area contributed by atoms with Crippen LogP contribution in [-0.4, -0.2) is 38.1 Å². The number of nitrogens with zero attached hydrogens (tertiary/aromatic N) is 1. The lowest BCUT2D eigenvalue weighted by Crippen LogP contribution is -2.43. The van der Waals surface area contributed by atoms with Gasteiger partial charge in [0.15, 0.2) is 0 Å². The van der Waals surface area contributed by atoms with Gasteiger partial charge in [-0.2, -0.15) is 0 Å². The van der Waals surface area contributed by atoms with Crippen LogP contribution in [0.15, 0.2) is 0 Å². The molecule has 0 aliphatic heterocycles. The molecule has 2 N–H and O–H groups in total. The molecule has 0 fully saturated rings. The third-order valence-electron chi connectivity index (χ3n) is 1.04. The van der Waals surface area contributed by atoms with Crippen molar-refractivity contribution in [3.8, 4) is 0 Å². The second kappa shape index (κ2) is 5.52. The van der Waals surface area contributed by atoms with Gasteiger partial charge in [-0.3, -0.25) is 0 Å². The van der Waals surface area contributed by atoms with E-state index in [4.69, 9.17) is 0 Å². The Hall–Kier alpha value is -1.26. The fourth-order valence-electron chi connectivity index (χ4n) is 0.428. The van der Waals surface area contributed by atoms with Crippen molar-refractivity contribution >= 4 is 12.1 Å². The molecular weight excluding hydrogens is 146 g/mol. The Morgan fingerprint density at radius 1 is 1.09 bits per heavy atom. The van der Waals surface area contributed by atoms with Gasteiger partial charge in [0.25, 0.3) is 0 Å². The topological polar surface area (TPSA) is 61.4 Å². The minimum Gasteiger partial charge on any atom is -0.341 e. The highest BCUT2D eigenvalue weighted by Gasteiger charge is 2.11. The smallest absolute Gasteiger partial charge is 0.325 e. The van der Waals surface area contributed by atoms with E-state index in [1.807, 2.05) is 0 Å². The normalized spacial score (nSPS) is 7.55. The van der Waals surface area contributed by atoms with Crippen LogP contribution in [0.2, 0.25) is 0 Å². The summed E-state index contributed by atoms with van der Waals surface area (Å²) in [5.41, 5.74) is 0. The Labute approximate surface area is 66.8 Å². The SMILES string of the molecule is C.CNC(=O)N(C)C(=O)NC. The average molecular weight is 161 g/mol. The van der Waals surface area contributed by atoms with Crippen molar-refractivity contribution in [3.63, 3.8) is 0 Å². The third-order valence-corrected chi connectivity index (χ3v) is 1.04. The van der Waals surface area contributed by atoms with Crippen molar-refractivity contribution in [2.75, 3.05) is 21.1 Å². The van der Waals surface area contributed by atoms with Crippen molar-refractivity contribution in [2.24, 2.45) is 0 Å². The van der Waals surface area contributed by atoms with Gasteiger partial charge >= 0.3 is 12.1 Å². The molecule has 11 heavy (non-hydrogen) atoms. The van der Waals surface area contributed by atoms with E-state index in [9.17, 15) is 9.59 Å². The quantitative estimate of drug-likeness (QED) is 0.534. The molecule has 66 valence electrons. The largest absolute Gasteiger partial charge is 0.341 e. The van der Waals surface area contributed by atoms with Crippen LogP contribution >= 0.6 is 0 Å². The van der Waals surface area contributed by atoms with E-state index in [1.165, 1.54) is 21.1 Å². The van der Waals surface area contributed by atoms with E-state index in [-0.39, 0.29) is 7.43 Å². The van der Waals surface area contributed by atoms with Gasteiger partial charge in [-0.25, -0.2) is 14.5 Å². The molecule has 0 radical (unpaired) electrons. The highest BCUT2D eigenvalue weighted by Crippen LogP contribution is 1.82. The van der Waals surface area contributed by atoms with Crippen LogP contribution in [0.4, 0.5) is 9.59 Å². The highest BCUT2D eigenvalue weighted by molar-refractivity contribution is 5.92. The summed E-state index contributed by atoms with van der Waals surface area (Å²) in [4.78, 5) is 22.3. The first-order valence-corrected chi connectivity index (χ1v) is 2.80. The summed E-state index contributed by atoms with van der Waals surface area (Å²) in [6, 6.07) is -0.862. The lowest BCUT2D eigenvalue weighted by molar-refractivity contribution is 0.197. The summed E-state index contributed by atoms with van der Waals surface area (Å²) in [5, 5.41) is 4.61. The van der Waals surface area contributed by atoms with Gasteiger partial charge in [-0.05, 0) is 0 Å². The Bertz CT molecular complexity index is 131. The van der Waals surface area contributed by atoms with E-state index in [2.05, 4.69) is 10.6 Å². The lowest BCUT2D eigenvalue weighted by Gasteiger charge is -2.12. The molecule has 0 bridgehead atoms. The van der Waals surface area contributed by atoms with Crippen LogP contribution in [0.3, 0.4) is 0 Å². The van der Waals surface area contributed by atoms with E-state index < -0.39 is 12.1 Å². The van der Waals surface area contributed by atoms with Crippen molar-refractivity contribution in [3.05, 3.63) is 0 Å². The molecule has 0 aliphatic carbocycles. The van der Waals surface area contributed by atoms with Gasteiger partial charge in [0.05, 0.1) is 0 Å². The second-order valence-corrected chi connectivity index (χ2v) is 1.67. The maximum absolute atomic E-state index is 10.7. The van der Waals surface area contributed by atoms with E-state index in [0.29, 0.717) is 0 Å². The van der Waals surface area contributed by atoms with Gasteiger partial charge in [0.2, 0.25) is 0 Å². The van der Waals surface area contributed by atoms with E-state index in [0.717, 1.165) is 4.90 Å². The summed E-state index contributed by atoms with van der Waals surface area (Å²) in [6.07, 6.45) is 0. The zero-order chi connectivity index (χ0) is 8.15. The minimum absolute atomic E-state index is 0. The Balaban J connectivity index is 0. The summed E-state index contributed by atoms with van der Waals surface area (Å²) in [6.45, 7) is 0. The lowest BCUT2D eigenvalue weighted by atomic mass is 10.7. The van der Waals surface area contributed by atoms with Crippen LogP contribution in [0.25, 0.3) is 0 Å². The van der Waals surface area contributed by atoms with Gasteiger partial charge in [0.1, 0.15) is 0 Å². The minimum atomic E-state index is -0.431. The fraction of sp³-hybridized carbons (Fsp3) is 0.667. The number of imide groups is 1. The first kappa shape index (κ1) is 12.4. The molecule has 0 aromatic rings. The fourth-order valence-corrected chi connectivity index (χ4v) is 0.428. The predicted octanol–water partition coefficient (Wildman–Crippen LogP) is 0.233. The molecule has 0 spiro atoms. The van der Waals surface area contributed by atoms with E-state index >= 15 is 0 Å². The number of carbonyl (C=O) groups is 2. The number of carbonyl (C=O) groups excluding carboxylic acids is 2. The van der Waals surface area contributed by atoms with Gasteiger partial charge < -0.3 is 10.6 Å². The van der Waals surface area contributed by atoms with Gasteiger partial charge in [0, 0.05) is 21.1 Å². The summed E-state index contributed by atoms with van der Waals surface area (Å²) < 4.78 is 0. The summed E-state index contributed by atoms with van der Waals surface area (Å²) in [5.74, 6) is 0. The highest BCUT2D eigenvalue weighted by atomic mass is 16.2. The molecule has 0 unspecified atom stereocenters. The number of hydrogen-bond donors (Lipinski definition) is 2. The standard InChI is InChI=1S/C5H11N3O2.CH4/c1-6-4(9)8(3)5(10)7-2;/h1-3H3,(H,6,9)(H,7,10);1H4. The van der Waals surface area contributed by atoms with Crippen molar-refractivity contribution in [1.29, 1.82) is 0 Å². The summed E-state index contributed by atoms with van der Waals surface area (Å²) in [7, 11) is 4.31. The zero-order valence-corrected chi connectivity index (χ0v) is 6.26. The molecule has 0 rings (SSSR count). The van der Waals surface area contributed by atoms with Crippen LogP contribution in [-0.2, 0) is 0 Å². The molecule has 0 atom stereocenters. The number of urea groups is 2. The Morgan fingerprint density at radius 3 is 1.55 bits per heavy atom. The van der Waals surface area contributed by atoms with Crippen molar-refractivity contribution in [2.45, 2.75) is 7.43 Å². The van der Waals surface area contributed by atoms with Crippen LogP contribution < -0.4 is 10.6 Å². The molecular formula is C6H15N3O2. The Kier molecular flexibility index (Phi) is 6.23. The second-order valence-electron chi connectivity index (χ2n) is 1.67. The van der Waals surface area contributed by atoms with Crippen LogP contribution in [0.1, 0.15) is 7.43 Å². The predicted molar refractivity (Wildman–Crippen MR) is 43.4 cm³/mol. The molecule has 0 aromatic carbocycles. The molecule has 0 saturated heterocycles. The maximum Gasteiger partial charge on any atom is 0.325 e. The molecule has 0 aromatic heterocycles. The number of rotatable bonds is 0. The van der Waals surface area contributed by atoms with Crippen LogP contribution in [0, 0.1) is 0 Å². The van der Waals surface area contributed by atoms with Gasteiger partial charge in [-0.15, -0.1) is 0 Å². The zero-order valence-electron chi connectivity index (χ0n) is 6.26. The number of nitrogens with one attached hydrogen (secondary N) is 2. The monoisotopic (exact) mass is 161 g/mol. The van der Waals surface area contributed by atoms with Crippen molar-refractivity contribution < 1.29 is 9.59 Å². The first-order chi connectivity index (χ1) is 4.63. The molecule has 0 saturated carbocycles. The van der Waals surface area contributed by atoms with Crippen LogP contribution in [0.5, 0.6) is 0 Å². The molecule has 5 nitrogen and oxygen atoms in total. The maximum atomic E-state index is 10.7. The van der Waals surface area contributed by atoms with Gasteiger partial charge in [-0.1, -0.05) is 7.43 Å². The Morgan fingerprint density at radius 2 is 1.36 bits per heavy atom. The molecule has 4 amide bonds. The number of amides is 4. The first-order valence-electron chi connectivity index (χ1n) is 2.80. The number of hydrogen-bond acceptors (Lipinski definition) is 2. The summed E-state index contributed by atoms with van der Waals surface area (Å²) >= 11 is 0. The van der Waals surface area contributed by atoms with Crippen molar-refractivity contribution in [1.82, 2.24) is 15.5 Å². The average Bonchev–Trinajstić information content (AvgIpc) is 2.00. The molecule has 0 aliphatic rings. The molecule has 0 heterocycles.